The number of nitrogens with one attached hydrogen (secondary N) is 1. The monoisotopic (exact) mass is 328 g/mol. The van der Waals surface area contributed by atoms with Crippen molar-refractivity contribution in [3.63, 3.8) is 0 Å². The van der Waals surface area contributed by atoms with E-state index in [4.69, 9.17) is 9.47 Å². The lowest BCUT2D eigenvalue weighted by Gasteiger charge is -2.27. The van der Waals surface area contributed by atoms with Crippen LogP contribution in [0.25, 0.3) is 10.9 Å². The van der Waals surface area contributed by atoms with E-state index in [2.05, 4.69) is 4.98 Å². The Bertz CT molecular complexity index is 648. The molecular weight excluding hydrogens is 304 g/mol. The maximum Gasteiger partial charge on any atom is 0.270 e. The number of nitrogens with zero attached hydrogens (tertiary/aromatic N) is 1. The Morgan fingerprint density at radius 2 is 1.75 bits per heavy atom. The van der Waals surface area contributed by atoms with Crippen molar-refractivity contribution in [2.75, 3.05) is 26.3 Å². The molecule has 5 heteroatoms. The number of H-pyrrole nitrogens is 1. The molecule has 2 aliphatic heterocycles. The number of hydrogen-bond donors (Lipinski definition) is 1. The number of fused-ring (bicyclic) bond motifs is 1. The molecule has 3 heterocycles. The van der Waals surface area contributed by atoms with E-state index in [1.165, 1.54) is 0 Å². The number of aromatic nitrogens is 1. The lowest BCUT2D eigenvalue weighted by molar-refractivity contribution is 0.0305. The van der Waals surface area contributed by atoms with Crippen LogP contribution in [-0.2, 0) is 9.47 Å². The molecule has 5 nitrogen and oxygen atoms in total. The molecule has 0 saturated carbocycles. The van der Waals surface area contributed by atoms with E-state index in [1.54, 1.807) is 0 Å². The Balaban J connectivity index is 1.54. The Kier molecular flexibility index (Phi) is 4.54. The first-order chi connectivity index (χ1) is 11.8. The van der Waals surface area contributed by atoms with Crippen molar-refractivity contribution < 1.29 is 14.3 Å². The van der Waals surface area contributed by atoms with E-state index in [1.807, 2.05) is 35.2 Å². The molecule has 0 radical (unpaired) electrons. The van der Waals surface area contributed by atoms with Crippen LogP contribution in [0.1, 0.15) is 36.2 Å². The summed E-state index contributed by atoms with van der Waals surface area (Å²) in [5.74, 6) is 0.0391. The Morgan fingerprint density at radius 1 is 1.08 bits per heavy atom. The van der Waals surface area contributed by atoms with Crippen LogP contribution >= 0.6 is 0 Å². The highest BCUT2D eigenvalue weighted by Crippen LogP contribution is 2.21. The molecule has 2 saturated heterocycles. The molecule has 1 aromatic heterocycles. The van der Waals surface area contributed by atoms with Crippen molar-refractivity contribution in [3.05, 3.63) is 36.0 Å². The van der Waals surface area contributed by atoms with Crippen LogP contribution in [0, 0.1) is 0 Å². The van der Waals surface area contributed by atoms with Gasteiger partial charge in [0.25, 0.3) is 5.91 Å². The van der Waals surface area contributed by atoms with Crippen molar-refractivity contribution in [1.82, 2.24) is 9.88 Å². The molecule has 1 amide bonds. The van der Waals surface area contributed by atoms with Gasteiger partial charge in [-0.1, -0.05) is 18.2 Å². The predicted octanol–water partition coefficient (Wildman–Crippen LogP) is 2.97. The molecule has 0 unspecified atom stereocenters. The van der Waals surface area contributed by atoms with Gasteiger partial charge in [-0.15, -0.1) is 0 Å². The zero-order valence-corrected chi connectivity index (χ0v) is 13.9. The molecule has 2 atom stereocenters. The van der Waals surface area contributed by atoms with Crippen LogP contribution in [0.15, 0.2) is 30.3 Å². The number of ether oxygens (including phenoxy) is 2. The molecule has 4 rings (SSSR count). The van der Waals surface area contributed by atoms with Crippen LogP contribution in [0.4, 0.5) is 0 Å². The summed E-state index contributed by atoms with van der Waals surface area (Å²) in [5.41, 5.74) is 1.64. The van der Waals surface area contributed by atoms with Gasteiger partial charge in [0, 0.05) is 37.2 Å². The van der Waals surface area contributed by atoms with E-state index in [0.717, 1.165) is 49.8 Å². The second-order valence-electron chi connectivity index (χ2n) is 6.75. The summed E-state index contributed by atoms with van der Waals surface area (Å²) in [6.45, 7) is 2.90. The van der Waals surface area contributed by atoms with Crippen molar-refractivity contribution in [2.24, 2.45) is 0 Å². The minimum Gasteiger partial charge on any atom is -0.376 e. The van der Waals surface area contributed by atoms with Gasteiger partial charge in [0.2, 0.25) is 0 Å². The first kappa shape index (κ1) is 15.7. The third-order valence-electron chi connectivity index (χ3n) is 4.94. The molecule has 0 aliphatic carbocycles. The van der Waals surface area contributed by atoms with Crippen LogP contribution in [0.5, 0.6) is 0 Å². The fourth-order valence-corrected chi connectivity index (χ4v) is 3.67. The molecule has 2 fully saturated rings. The lowest BCUT2D eigenvalue weighted by atomic mass is 10.2. The maximum atomic E-state index is 13.1. The number of carbonyl (C=O) groups excluding carboxylic acids is 1. The second kappa shape index (κ2) is 6.95. The normalized spacial score (nSPS) is 23.8. The molecule has 1 aromatic carbocycles. The predicted molar refractivity (Wildman–Crippen MR) is 92.2 cm³/mol. The van der Waals surface area contributed by atoms with Gasteiger partial charge in [-0.25, -0.2) is 0 Å². The summed E-state index contributed by atoms with van der Waals surface area (Å²) < 4.78 is 11.5. The Labute approximate surface area is 141 Å². The summed E-state index contributed by atoms with van der Waals surface area (Å²) in [4.78, 5) is 18.2. The van der Waals surface area contributed by atoms with Crippen molar-refractivity contribution in [2.45, 2.75) is 37.9 Å². The van der Waals surface area contributed by atoms with Crippen LogP contribution in [-0.4, -0.2) is 54.3 Å². The van der Waals surface area contributed by atoms with Crippen LogP contribution in [0.2, 0.25) is 0 Å². The molecule has 1 N–H and O–H groups in total. The van der Waals surface area contributed by atoms with Gasteiger partial charge in [-0.05, 0) is 37.8 Å². The number of rotatable bonds is 5. The van der Waals surface area contributed by atoms with E-state index in [0.29, 0.717) is 18.8 Å². The fourth-order valence-electron chi connectivity index (χ4n) is 3.67. The van der Waals surface area contributed by atoms with Crippen LogP contribution in [0.3, 0.4) is 0 Å². The van der Waals surface area contributed by atoms with E-state index >= 15 is 0 Å². The highest BCUT2D eigenvalue weighted by atomic mass is 16.5. The third kappa shape index (κ3) is 3.32. The number of amides is 1. The standard InChI is InChI=1S/C19H24N2O3/c22-19(18-11-14-5-1-2-8-17(14)20-18)21(12-15-6-3-9-23-15)13-16-7-4-10-24-16/h1-2,5,8,11,15-16,20H,3-4,6-7,9-10,12-13H2/t15-,16-/m0/s1. The largest absolute Gasteiger partial charge is 0.376 e. The topological polar surface area (TPSA) is 54.6 Å². The fraction of sp³-hybridized carbons (Fsp3) is 0.526. The highest BCUT2D eigenvalue weighted by molar-refractivity contribution is 5.98. The quantitative estimate of drug-likeness (QED) is 0.918. The average molecular weight is 328 g/mol. The van der Waals surface area contributed by atoms with E-state index < -0.39 is 0 Å². The first-order valence-corrected chi connectivity index (χ1v) is 8.90. The van der Waals surface area contributed by atoms with Crippen molar-refractivity contribution in [1.29, 1.82) is 0 Å². The van der Waals surface area contributed by atoms with E-state index in [-0.39, 0.29) is 18.1 Å². The number of hydrogen-bond acceptors (Lipinski definition) is 3. The lowest BCUT2D eigenvalue weighted by Crippen LogP contribution is -2.42. The number of para-hydroxylation sites is 1. The van der Waals surface area contributed by atoms with Crippen molar-refractivity contribution >= 4 is 16.8 Å². The van der Waals surface area contributed by atoms with Gasteiger partial charge in [-0.3, -0.25) is 4.79 Å². The van der Waals surface area contributed by atoms with Crippen LogP contribution < -0.4 is 0 Å². The summed E-state index contributed by atoms with van der Waals surface area (Å²) in [5, 5.41) is 1.06. The summed E-state index contributed by atoms with van der Waals surface area (Å²) in [7, 11) is 0. The number of aromatic amines is 1. The third-order valence-corrected chi connectivity index (χ3v) is 4.94. The average Bonchev–Trinajstić information content (AvgIpc) is 3.34. The van der Waals surface area contributed by atoms with Crippen molar-refractivity contribution in [3.8, 4) is 0 Å². The number of benzene rings is 1. The molecule has 0 spiro atoms. The summed E-state index contributed by atoms with van der Waals surface area (Å²) in [6.07, 6.45) is 4.53. The minimum atomic E-state index is 0.0391. The molecule has 2 aromatic rings. The zero-order valence-electron chi connectivity index (χ0n) is 13.9. The molecule has 24 heavy (non-hydrogen) atoms. The highest BCUT2D eigenvalue weighted by Gasteiger charge is 2.28. The van der Waals surface area contributed by atoms with Gasteiger partial charge >= 0.3 is 0 Å². The second-order valence-corrected chi connectivity index (χ2v) is 6.75. The Hall–Kier alpha value is -1.85. The molecule has 128 valence electrons. The van der Waals surface area contributed by atoms with Gasteiger partial charge in [0.1, 0.15) is 5.69 Å². The number of carbonyl (C=O) groups is 1. The molecular formula is C19H24N2O3. The van der Waals surface area contributed by atoms with E-state index in [9.17, 15) is 4.79 Å². The van der Waals surface area contributed by atoms with Gasteiger partial charge in [0.15, 0.2) is 0 Å². The summed E-state index contributed by atoms with van der Waals surface area (Å²) in [6, 6.07) is 9.92. The molecule has 0 bridgehead atoms. The zero-order chi connectivity index (χ0) is 16.4. The Morgan fingerprint density at radius 3 is 2.33 bits per heavy atom. The SMILES string of the molecule is O=C(c1cc2ccccc2[nH]1)N(C[C@@H]1CCCO1)C[C@@H]1CCCO1. The maximum absolute atomic E-state index is 13.1. The van der Waals surface area contributed by atoms with Gasteiger partial charge in [0.05, 0.1) is 12.2 Å². The smallest absolute Gasteiger partial charge is 0.270 e. The van der Waals surface area contributed by atoms with Gasteiger partial charge in [-0.2, -0.15) is 0 Å². The minimum absolute atomic E-state index is 0.0391. The molecule has 2 aliphatic rings. The first-order valence-electron chi connectivity index (χ1n) is 8.90. The summed E-state index contributed by atoms with van der Waals surface area (Å²) >= 11 is 0. The van der Waals surface area contributed by atoms with Gasteiger partial charge < -0.3 is 19.4 Å².